The van der Waals surface area contributed by atoms with Crippen molar-refractivity contribution in [3.63, 3.8) is 0 Å². The molecule has 1 aromatic carbocycles. The number of benzene rings is 1. The van der Waals surface area contributed by atoms with E-state index in [0.717, 1.165) is 92.4 Å². The lowest BCUT2D eigenvalue weighted by atomic mass is 9.60. The van der Waals surface area contributed by atoms with Crippen molar-refractivity contribution in [2.45, 2.75) is 83.8 Å². The average molecular weight is 697 g/mol. The van der Waals surface area contributed by atoms with Crippen molar-refractivity contribution in [1.29, 1.82) is 0 Å². The molecule has 9 rings (SSSR count). The van der Waals surface area contributed by atoms with Crippen LogP contribution in [0.25, 0.3) is 11.1 Å². The Labute approximate surface area is 297 Å². The van der Waals surface area contributed by atoms with E-state index in [1.54, 1.807) is 37.1 Å². The summed E-state index contributed by atoms with van der Waals surface area (Å²) in [7, 11) is 1.80. The van der Waals surface area contributed by atoms with Crippen molar-refractivity contribution in [1.82, 2.24) is 39.3 Å². The van der Waals surface area contributed by atoms with Gasteiger partial charge < -0.3 is 19.6 Å². The maximum atomic E-state index is 14.6. The van der Waals surface area contributed by atoms with E-state index in [1.807, 2.05) is 30.3 Å². The highest BCUT2D eigenvalue weighted by atomic mass is 19.3. The summed E-state index contributed by atoms with van der Waals surface area (Å²) in [4.78, 5) is 30.7. The minimum absolute atomic E-state index is 0.00977. The number of nitrogens with zero attached hydrogens (tertiary/aromatic N) is 10. The molecule has 0 radical (unpaired) electrons. The zero-order valence-corrected chi connectivity index (χ0v) is 29.7. The molecule has 1 saturated carbocycles. The number of hydrogen-bond donors (Lipinski definition) is 0. The molecule has 13 heteroatoms. The van der Waals surface area contributed by atoms with E-state index in [1.165, 1.54) is 18.5 Å². The van der Waals surface area contributed by atoms with Gasteiger partial charge in [0.2, 0.25) is 11.9 Å². The minimum Gasteiger partial charge on any atom is -0.340 e. The monoisotopic (exact) mass is 696 g/mol. The molecule has 1 spiro atoms. The number of carbonyl (C=O) groups excluding carboxylic acids is 1. The lowest BCUT2D eigenvalue weighted by Crippen LogP contribution is -2.67. The quantitative estimate of drug-likeness (QED) is 0.257. The number of aryl methyl sites for hydroxylation is 3. The third-order valence-electron chi connectivity index (χ3n) is 12.2. The van der Waals surface area contributed by atoms with Gasteiger partial charge in [0.1, 0.15) is 0 Å². The van der Waals surface area contributed by atoms with Crippen molar-refractivity contribution in [3.05, 3.63) is 64.9 Å². The Hall–Kier alpha value is -4.39. The Morgan fingerprint density at radius 1 is 0.980 bits per heavy atom. The van der Waals surface area contributed by atoms with Gasteiger partial charge in [0.15, 0.2) is 5.82 Å². The first-order chi connectivity index (χ1) is 24.6. The van der Waals surface area contributed by atoms with E-state index in [4.69, 9.17) is 5.10 Å². The molecule has 2 saturated heterocycles. The smallest absolute Gasteiger partial charge is 0.264 e. The van der Waals surface area contributed by atoms with Crippen LogP contribution in [0.15, 0.2) is 36.9 Å². The molecule has 3 fully saturated rings. The van der Waals surface area contributed by atoms with Crippen LogP contribution in [0.5, 0.6) is 0 Å². The van der Waals surface area contributed by atoms with Gasteiger partial charge in [-0.25, -0.2) is 18.7 Å². The van der Waals surface area contributed by atoms with Crippen LogP contribution in [0.2, 0.25) is 0 Å². The summed E-state index contributed by atoms with van der Waals surface area (Å²) >= 11 is 0. The van der Waals surface area contributed by atoms with Crippen LogP contribution in [0.1, 0.15) is 79.4 Å². The van der Waals surface area contributed by atoms with Gasteiger partial charge in [0, 0.05) is 118 Å². The standard InChI is InChI=1S/C38H46F2N10O/c1-24-17-41-37(42-18-24)48-22-38(23-48)15-29(16-38)46-10-6-28(7-11-46)50-33-8-12-47(25(2)51)21-32(33)36(44-50)49-9-4-5-26-13-30(27-19-43-45(3)20-27)31(35(39)40)14-34(26)49/h13-14,17-20,28-29,35H,4-12,15-16,21-23H2,1-3H3. The van der Waals surface area contributed by atoms with Gasteiger partial charge in [-0.05, 0) is 74.3 Å². The summed E-state index contributed by atoms with van der Waals surface area (Å²) in [6, 6.07) is 4.51. The molecule has 4 aromatic rings. The molecule has 0 unspecified atom stereocenters. The number of alkyl halides is 2. The maximum Gasteiger partial charge on any atom is 0.264 e. The fourth-order valence-electron chi connectivity index (χ4n) is 9.48. The van der Waals surface area contributed by atoms with E-state index in [2.05, 4.69) is 34.4 Å². The van der Waals surface area contributed by atoms with Gasteiger partial charge >= 0.3 is 0 Å². The number of anilines is 3. The zero-order valence-electron chi connectivity index (χ0n) is 29.7. The highest BCUT2D eigenvalue weighted by Gasteiger charge is 2.54. The summed E-state index contributed by atoms with van der Waals surface area (Å²) in [5, 5.41) is 9.59. The number of fused-ring (bicyclic) bond motifs is 2. The van der Waals surface area contributed by atoms with Gasteiger partial charge in [0.25, 0.3) is 6.43 Å². The van der Waals surface area contributed by atoms with E-state index in [-0.39, 0.29) is 17.5 Å². The number of piperidine rings is 1. The predicted octanol–water partition coefficient (Wildman–Crippen LogP) is 5.61. The Bertz CT molecular complexity index is 1950. The molecule has 1 amide bonds. The van der Waals surface area contributed by atoms with E-state index in [9.17, 15) is 13.6 Å². The van der Waals surface area contributed by atoms with Crippen LogP contribution >= 0.6 is 0 Å². The second kappa shape index (κ2) is 12.4. The molecule has 1 aliphatic carbocycles. The SMILES string of the molecule is CC(=O)N1CCc2c(c(N3CCCc4cc(-c5cnn(C)c5)c(C(F)F)cc43)nn2C2CCN(C3CC4(C3)CN(c3ncc(C)cn3)C4)CC2)C1. The van der Waals surface area contributed by atoms with Gasteiger partial charge in [0.05, 0.1) is 18.8 Å². The first kappa shape index (κ1) is 32.5. The third kappa shape index (κ3) is 5.68. The van der Waals surface area contributed by atoms with Gasteiger partial charge in [-0.1, -0.05) is 0 Å². The number of amides is 1. The number of likely N-dealkylation sites (tertiary alicyclic amines) is 1. The molecule has 0 bridgehead atoms. The van der Waals surface area contributed by atoms with Crippen molar-refractivity contribution >= 4 is 23.4 Å². The molecule has 4 aliphatic heterocycles. The maximum absolute atomic E-state index is 14.6. The number of rotatable bonds is 6. The largest absolute Gasteiger partial charge is 0.340 e. The first-order valence-electron chi connectivity index (χ1n) is 18.5. The zero-order chi connectivity index (χ0) is 35.0. The summed E-state index contributed by atoms with van der Waals surface area (Å²) in [6.45, 7) is 9.68. The fourth-order valence-corrected chi connectivity index (χ4v) is 9.48. The van der Waals surface area contributed by atoms with Crippen LogP contribution in [0.3, 0.4) is 0 Å². The topological polar surface area (TPSA) is 91.5 Å². The molecule has 51 heavy (non-hydrogen) atoms. The Morgan fingerprint density at radius 2 is 1.75 bits per heavy atom. The van der Waals surface area contributed by atoms with Crippen LogP contribution in [-0.4, -0.2) is 90.5 Å². The number of halogens is 2. The van der Waals surface area contributed by atoms with Gasteiger partial charge in [-0.15, -0.1) is 0 Å². The van der Waals surface area contributed by atoms with E-state index >= 15 is 0 Å². The van der Waals surface area contributed by atoms with Crippen molar-refractivity contribution in [2.24, 2.45) is 12.5 Å². The highest BCUT2D eigenvalue weighted by molar-refractivity contribution is 5.78. The highest BCUT2D eigenvalue weighted by Crippen LogP contribution is 2.52. The molecular weight excluding hydrogens is 650 g/mol. The Morgan fingerprint density at radius 3 is 2.43 bits per heavy atom. The van der Waals surface area contributed by atoms with Crippen LogP contribution < -0.4 is 9.80 Å². The van der Waals surface area contributed by atoms with Crippen LogP contribution in [-0.2, 0) is 31.2 Å². The number of aromatic nitrogens is 6. The number of hydrogen-bond acceptors (Lipinski definition) is 8. The molecule has 11 nitrogen and oxygen atoms in total. The third-order valence-corrected chi connectivity index (χ3v) is 12.2. The molecule has 0 atom stereocenters. The summed E-state index contributed by atoms with van der Waals surface area (Å²) in [6.07, 6.45) is 11.6. The first-order valence-corrected chi connectivity index (χ1v) is 18.5. The Kier molecular flexibility index (Phi) is 7.90. The summed E-state index contributed by atoms with van der Waals surface area (Å²) < 4.78 is 33.2. The normalized spacial score (nSPS) is 20.8. The second-order valence-corrected chi connectivity index (χ2v) is 15.7. The second-order valence-electron chi connectivity index (χ2n) is 15.7. The van der Waals surface area contributed by atoms with Crippen LogP contribution in [0, 0.1) is 12.3 Å². The molecule has 5 aliphatic rings. The predicted molar refractivity (Wildman–Crippen MR) is 190 cm³/mol. The van der Waals surface area contributed by atoms with Gasteiger partial charge in [-0.3, -0.25) is 14.2 Å². The lowest BCUT2D eigenvalue weighted by Gasteiger charge is -2.61. The fraction of sp³-hybridized carbons (Fsp3) is 0.553. The van der Waals surface area contributed by atoms with Crippen LogP contribution in [0.4, 0.5) is 26.2 Å². The molecule has 0 N–H and O–H groups in total. The Balaban J connectivity index is 0.944. The molecule has 7 heterocycles. The van der Waals surface area contributed by atoms with Crippen molar-refractivity contribution < 1.29 is 13.6 Å². The van der Waals surface area contributed by atoms with E-state index < -0.39 is 6.43 Å². The summed E-state index contributed by atoms with van der Waals surface area (Å²) in [5.74, 6) is 1.72. The molecule has 3 aromatic heterocycles. The van der Waals surface area contributed by atoms with Crippen molar-refractivity contribution in [2.75, 3.05) is 49.1 Å². The van der Waals surface area contributed by atoms with E-state index in [0.29, 0.717) is 42.2 Å². The minimum atomic E-state index is -2.63. The molecule has 268 valence electrons. The van der Waals surface area contributed by atoms with Crippen molar-refractivity contribution in [3.8, 4) is 11.1 Å². The lowest BCUT2D eigenvalue weighted by molar-refractivity contribution is -0.129. The number of carbonyl (C=O) groups is 1. The van der Waals surface area contributed by atoms with Gasteiger partial charge in [-0.2, -0.15) is 10.2 Å². The summed E-state index contributed by atoms with van der Waals surface area (Å²) in [5.41, 5.74) is 6.84. The molecular formula is C38H46F2N10O. The average Bonchev–Trinajstić information content (AvgIpc) is 3.70.